The van der Waals surface area contributed by atoms with E-state index in [2.05, 4.69) is 0 Å². The lowest BCUT2D eigenvalue weighted by molar-refractivity contribution is 0.0517. The Bertz CT molecular complexity index is 673. The van der Waals surface area contributed by atoms with Gasteiger partial charge >= 0.3 is 11.9 Å². The molecule has 0 saturated carbocycles. The van der Waals surface area contributed by atoms with Crippen molar-refractivity contribution in [1.82, 2.24) is 0 Å². The molecule has 0 spiro atoms. The SMILES string of the molecule is CCOC(=O)c1ccc(N(C)C)cc1.CCOC(=O)c1ccc(N(C)C)cc1. The largest absolute Gasteiger partial charge is 0.462 e. The Morgan fingerprint density at radius 1 is 0.643 bits per heavy atom. The number of benzene rings is 2. The van der Waals surface area contributed by atoms with Crippen molar-refractivity contribution < 1.29 is 19.1 Å². The maximum absolute atomic E-state index is 11.3. The van der Waals surface area contributed by atoms with Crippen LogP contribution in [0.1, 0.15) is 34.6 Å². The number of hydrogen-bond acceptors (Lipinski definition) is 6. The average molecular weight is 386 g/mol. The third-order valence-corrected chi connectivity index (χ3v) is 3.79. The van der Waals surface area contributed by atoms with Gasteiger partial charge in [0.05, 0.1) is 24.3 Å². The molecule has 0 atom stereocenters. The first-order valence-corrected chi connectivity index (χ1v) is 9.19. The van der Waals surface area contributed by atoms with Crippen molar-refractivity contribution in [2.24, 2.45) is 0 Å². The summed E-state index contributed by atoms with van der Waals surface area (Å²) in [6.45, 7) is 4.42. The van der Waals surface area contributed by atoms with Crippen LogP contribution < -0.4 is 9.80 Å². The Morgan fingerprint density at radius 3 is 1.14 bits per heavy atom. The van der Waals surface area contributed by atoms with Gasteiger partial charge in [-0.3, -0.25) is 0 Å². The highest BCUT2D eigenvalue weighted by atomic mass is 16.5. The molecule has 0 amide bonds. The second-order valence-electron chi connectivity index (χ2n) is 6.32. The van der Waals surface area contributed by atoms with Gasteiger partial charge in [0.2, 0.25) is 0 Å². The van der Waals surface area contributed by atoms with Crippen LogP contribution in [0.5, 0.6) is 0 Å². The van der Waals surface area contributed by atoms with E-state index in [-0.39, 0.29) is 11.9 Å². The van der Waals surface area contributed by atoms with Crippen molar-refractivity contribution >= 4 is 23.3 Å². The molecule has 6 heteroatoms. The van der Waals surface area contributed by atoms with Crippen molar-refractivity contribution in [3.63, 3.8) is 0 Å². The number of carbonyl (C=O) groups excluding carboxylic acids is 2. The van der Waals surface area contributed by atoms with Crippen LogP contribution >= 0.6 is 0 Å². The van der Waals surface area contributed by atoms with Crippen LogP contribution in [0.2, 0.25) is 0 Å². The van der Waals surface area contributed by atoms with Gasteiger partial charge in [0.25, 0.3) is 0 Å². The Kier molecular flexibility index (Phi) is 9.57. The minimum absolute atomic E-state index is 0.266. The van der Waals surface area contributed by atoms with Crippen LogP contribution in [0, 0.1) is 0 Å². The lowest BCUT2D eigenvalue weighted by Gasteiger charge is -2.12. The van der Waals surface area contributed by atoms with E-state index in [0.29, 0.717) is 24.3 Å². The van der Waals surface area contributed by atoms with Crippen molar-refractivity contribution in [1.29, 1.82) is 0 Å². The molecular formula is C22H30N2O4. The zero-order chi connectivity index (χ0) is 21.1. The molecule has 0 aliphatic rings. The van der Waals surface area contributed by atoms with Crippen LogP contribution in [-0.4, -0.2) is 53.3 Å². The zero-order valence-electron chi connectivity index (χ0n) is 17.6. The maximum Gasteiger partial charge on any atom is 0.338 e. The topological polar surface area (TPSA) is 59.1 Å². The van der Waals surface area contributed by atoms with Crippen molar-refractivity contribution in [2.45, 2.75) is 13.8 Å². The number of carbonyl (C=O) groups is 2. The molecule has 2 rings (SSSR count). The fourth-order valence-electron chi connectivity index (χ4n) is 2.22. The first-order chi connectivity index (χ1) is 13.3. The second kappa shape index (κ2) is 11.6. The van der Waals surface area contributed by atoms with Gasteiger partial charge in [-0.1, -0.05) is 0 Å². The number of anilines is 2. The van der Waals surface area contributed by atoms with E-state index in [1.807, 2.05) is 62.3 Å². The van der Waals surface area contributed by atoms with Gasteiger partial charge in [-0.2, -0.15) is 0 Å². The van der Waals surface area contributed by atoms with Crippen molar-refractivity contribution in [2.75, 3.05) is 51.2 Å². The van der Waals surface area contributed by atoms with Crippen LogP contribution in [0.4, 0.5) is 11.4 Å². The molecule has 0 aliphatic heterocycles. The van der Waals surface area contributed by atoms with Gasteiger partial charge in [-0.25, -0.2) is 9.59 Å². The smallest absolute Gasteiger partial charge is 0.338 e. The maximum atomic E-state index is 11.3. The summed E-state index contributed by atoms with van der Waals surface area (Å²) in [5.41, 5.74) is 3.32. The fraction of sp³-hybridized carbons (Fsp3) is 0.364. The predicted octanol–water partition coefficient (Wildman–Crippen LogP) is 3.86. The Hall–Kier alpha value is -3.02. The minimum atomic E-state index is -0.266. The molecule has 2 aromatic carbocycles. The summed E-state index contributed by atoms with van der Waals surface area (Å²) in [6, 6.07) is 14.7. The predicted molar refractivity (Wildman–Crippen MR) is 113 cm³/mol. The second-order valence-corrected chi connectivity index (χ2v) is 6.32. The van der Waals surface area contributed by atoms with Crippen molar-refractivity contribution in [3.05, 3.63) is 59.7 Å². The van der Waals surface area contributed by atoms with Gasteiger partial charge in [0.1, 0.15) is 0 Å². The molecule has 0 aromatic heterocycles. The summed E-state index contributed by atoms with van der Waals surface area (Å²) in [6.07, 6.45) is 0. The molecule has 152 valence electrons. The molecule has 6 nitrogen and oxygen atoms in total. The highest BCUT2D eigenvalue weighted by Crippen LogP contribution is 2.13. The Balaban J connectivity index is 0.000000280. The highest BCUT2D eigenvalue weighted by molar-refractivity contribution is 5.90. The quantitative estimate of drug-likeness (QED) is 0.703. The summed E-state index contributed by atoms with van der Waals surface area (Å²) in [4.78, 5) is 26.5. The number of hydrogen-bond donors (Lipinski definition) is 0. The summed E-state index contributed by atoms with van der Waals surface area (Å²) < 4.78 is 9.75. The molecule has 0 heterocycles. The number of esters is 2. The third-order valence-electron chi connectivity index (χ3n) is 3.79. The zero-order valence-corrected chi connectivity index (χ0v) is 17.6. The van der Waals surface area contributed by atoms with Gasteiger partial charge in [0, 0.05) is 39.6 Å². The molecule has 0 bridgehead atoms. The van der Waals surface area contributed by atoms with Crippen LogP contribution in [-0.2, 0) is 9.47 Å². The van der Waals surface area contributed by atoms with E-state index in [1.165, 1.54) is 0 Å². The lowest BCUT2D eigenvalue weighted by atomic mass is 10.2. The van der Waals surface area contributed by atoms with E-state index < -0.39 is 0 Å². The summed E-state index contributed by atoms with van der Waals surface area (Å²) >= 11 is 0. The van der Waals surface area contributed by atoms with E-state index in [4.69, 9.17) is 9.47 Å². The Labute approximate surface area is 167 Å². The molecule has 0 unspecified atom stereocenters. The average Bonchev–Trinajstić information content (AvgIpc) is 2.69. The molecule has 0 saturated heterocycles. The molecule has 0 fully saturated rings. The van der Waals surface area contributed by atoms with Gasteiger partial charge in [-0.15, -0.1) is 0 Å². The molecule has 0 N–H and O–H groups in total. The summed E-state index contributed by atoms with van der Waals surface area (Å²) in [7, 11) is 7.83. The number of rotatable bonds is 6. The molecular weight excluding hydrogens is 356 g/mol. The number of ether oxygens (including phenoxy) is 2. The first kappa shape index (κ1) is 23.0. The number of nitrogens with zero attached hydrogens (tertiary/aromatic N) is 2. The third kappa shape index (κ3) is 7.31. The van der Waals surface area contributed by atoms with E-state index in [1.54, 1.807) is 38.1 Å². The lowest BCUT2D eigenvalue weighted by Crippen LogP contribution is -2.09. The first-order valence-electron chi connectivity index (χ1n) is 9.19. The van der Waals surface area contributed by atoms with Gasteiger partial charge in [-0.05, 0) is 62.4 Å². The van der Waals surface area contributed by atoms with Gasteiger partial charge < -0.3 is 19.3 Å². The minimum Gasteiger partial charge on any atom is -0.462 e. The molecule has 28 heavy (non-hydrogen) atoms. The van der Waals surface area contributed by atoms with E-state index in [0.717, 1.165) is 11.4 Å². The van der Waals surface area contributed by atoms with E-state index >= 15 is 0 Å². The molecule has 0 radical (unpaired) electrons. The highest BCUT2D eigenvalue weighted by Gasteiger charge is 2.06. The monoisotopic (exact) mass is 386 g/mol. The van der Waals surface area contributed by atoms with Crippen LogP contribution in [0.15, 0.2) is 48.5 Å². The molecule has 0 aliphatic carbocycles. The van der Waals surface area contributed by atoms with E-state index in [9.17, 15) is 9.59 Å². The fourth-order valence-corrected chi connectivity index (χ4v) is 2.22. The summed E-state index contributed by atoms with van der Waals surface area (Å²) in [5, 5.41) is 0. The van der Waals surface area contributed by atoms with Crippen LogP contribution in [0.3, 0.4) is 0 Å². The molecule has 2 aromatic rings. The van der Waals surface area contributed by atoms with Gasteiger partial charge in [0.15, 0.2) is 0 Å². The Morgan fingerprint density at radius 2 is 0.929 bits per heavy atom. The summed E-state index contributed by atoms with van der Waals surface area (Å²) in [5.74, 6) is -0.532. The standard InChI is InChI=1S/2C11H15NO2/c2*1-4-14-11(13)9-5-7-10(8-6-9)12(2)3/h2*5-8H,4H2,1-3H3. The normalized spacial score (nSPS) is 9.64. The van der Waals surface area contributed by atoms with Crippen molar-refractivity contribution in [3.8, 4) is 0 Å². The van der Waals surface area contributed by atoms with Crippen LogP contribution in [0.25, 0.3) is 0 Å².